The first kappa shape index (κ1) is 15.5. The number of aryl methyl sites for hydroxylation is 2. The Morgan fingerprint density at radius 2 is 1.81 bits per heavy atom. The van der Waals surface area contributed by atoms with Gasteiger partial charge in [-0.25, -0.2) is 0 Å². The molecule has 1 aromatic carbocycles. The van der Waals surface area contributed by atoms with Crippen LogP contribution >= 0.6 is 0 Å². The van der Waals surface area contributed by atoms with Gasteiger partial charge in [-0.3, -0.25) is 9.59 Å². The molecule has 2 amide bonds. The first-order valence-corrected chi connectivity index (χ1v) is 7.40. The zero-order valence-electron chi connectivity index (χ0n) is 13.5. The monoisotopic (exact) mass is 288 g/mol. The molecule has 0 radical (unpaired) electrons. The zero-order chi connectivity index (χ0) is 15.8. The Kier molecular flexibility index (Phi) is 4.08. The van der Waals surface area contributed by atoms with Crippen molar-refractivity contribution in [3.8, 4) is 0 Å². The van der Waals surface area contributed by atoms with E-state index in [2.05, 4.69) is 43.5 Å². The minimum absolute atomic E-state index is 0.0494. The van der Waals surface area contributed by atoms with Crippen LogP contribution in [0.1, 0.15) is 50.3 Å². The molecule has 1 saturated heterocycles. The number of nitrogens with one attached hydrogen (secondary N) is 2. The van der Waals surface area contributed by atoms with E-state index < -0.39 is 6.04 Å². The number of amides is 2. The van der Waals surface area contributed by atoms with Crippen molar-refractivity contribution in [2.45, 2.75) is 58.9 Å². The van der Waals surface area contributed by atoms with E-state index in [-0.39, 0.29) is 17.2 Å². The molecule has 0 aliphatic carbocycles. The maximum absolute atomic E-state index is 12.2. The Morgan fingerprint density at radius 1 is 1.24 bits per heavy atom. The van der Waals surface area contributed by atoms with Gasteiger partial charge in [0.05, 0.1) is 0 Å². The van der Waals surface area contributed by atoms with Gasteiger partial charge in [-0.05, 0) is 42.4 Å². The van der Waals surface area contributed by atoms with Crippen molar-refractivity contribution in [2.24, 2.45) is 0 Å². The molecule has 0 spiro atoms. The van der Waals surface area contributed by atoms with Crippen molar-refractivity contribution in [3.05, 3.63) is 28.8 Å². The van der Waals surface area contributed by atoms with Gasteiger partial charge in [-0.2, -0.15) is 0 Å². The average Bonchev–Trinajstić information content (AvgIpc) is 2.79. The maximum atomic E-state index is 12.2. The van der Waals surface area contributed by atoms with Crippen LogP contribution in [0.3, 0.4) is 0 Å². The van der Waals surface area contributed by atoms with Crippen LogP contribution in [0, 0.1) is 13.8 Å². The number of benzene rings is 1. The highest BCUT2D eigenvalue weighted by Gasteiger charge is 2.28. The van der Waals surface area contributed by atoms with Crippen LogP contribution in [0.2, 0.25) is 0 Å². The molecule has 2 N–H and O–H groups in total. The van der Waals surface area contributed by atoms with Crippen molar-refractivity contribution in [2.75, 3.05) is 5.32 Å². The summed E-state index contributed by atoms with van der Waals surface area (Å²) >= 11 is 0. The third kappa shape index (κ3) is 3.43. The second-order valence-electron chi connectivity index (χ2n) is 6.88. The molecule has 0 aromatic heterocycles. The van der Waals surface area contributed by atoms with E-state index in [1.165, 1.54) is 5.56 Å². The fraction of sp³-hybridized carbons (Fsp3) is 0.529. The van der Waals surface area contributed by atoms with Gasteiger partial charge in [0, 0.05) is 12.1 Å². The second-order valence-corrected chi connectivity index (χ2v) is 6.88. The molecule has 1 aliphatic heterocycles. The Hall–Kier alpha value is -1.84. The fourth-order valence-electron chi connectivity index (χ4n) is 2.61. The van der Waals surface area contributed by atoms with Crippen molar-refractivity contribution >= 4 is 17.5 Å². The summed E-state index contributed by atoms with van der Waals surface area (Å²) in [5.41, 5.74) is 4.30. The lowest BCUT2D eigenvalue weighted by atomic mass is 9.85. The van der Waals surface area contributed by atoms with Gasteiger partial charge in [0.25, 0.3) is 0 Å². The SMILES string of the molecule is Cc1cc(C(C)(C)C)cc(C)c1NC(=O)C1CCC(=O)N1. The van der Waals surface area contributed by atoms with Gasteiger partial charge in [0.2, 0.25) is 11.8 Å². The summed E-state index contributed by atoms with van der Waals surface area (Å²) in [6, 6.07) is 3.84. The van der Waals surface area contributed by atoms with E-state index in [1.807, 2.05) is 13.8 Å². The van der Waals surface area contributed by atoms with Crippen LogP contribution in [-0.2, 0) is 15.0 Å². The minimum Gasteiger partial charge on any atom is -0.344 e. The quantitative estimate of drug-likeness (QED) is 0.879. The topological polar surface area (TPSA) is 58.2 Å². The molecule has 4 heteroatoms. The second kappa shape index (κ2) is 5.51. The van der Waals surface area contributed by atoms with Crippen molar-refractivity contribution in [1.29, 1.82) is 0 Å². The number of rotatable bonds is 2. The number of hydrogen-bond acceptors (Lipinski definition) is 2. The number of carbonyl (C=O) groups excluding carboxylic acids is 2. The molecule has 2 rings (SSSR count). The van der Waals surface area contributed by atoms with Crippen LogP contribution < -0.4 is 10.6 Å². The molecular formula is C17H24N2O2. The standard InChI is InChI=1S/C17H24N2O2/c1-10-8-12(17(3,4)5)9-11(2)15(10)19-16(21)13-6-7-14(20)18-13/h8-9,13H,6-7H2,1-5H3,(H,18,20)(H,19,21). The fourth-order valence-corrected chi connectivity index (χ4v) is 2.61. The summed E-state index contributed by atoms with van der Waals surface area (Å²) in [6.07, 6.45) is 1.00. The number of anilines is 1. The van der Waals surface area contributed by atoms with Gasteiger partial charge in [-0.15, -0.1) is 0 Å². The Labute approximate surface area is 126 Å². The third-order valence-corrected chi connectivity index (χ3v) is 3.96. The minimum atomic E-state index is -0.404. The number of carbonyl (C=O) groups is 2. The van der Waals surface area contributed by atoms with E-state index in [1.54, 1.807) is 0 Å². The molecule has 1 unspecified atom stereocenters. The highest BCUT2D eigenvalue weighted by Crippen LogP contribution is 2.29. The van der Waals surface area contributed by atoms with Gasteiger partial charge in [-0.1, -0.05) is 32.9 Å². The molecule has 21 heavy (non-hydrogen) atoms. The van der Waals surface area contributed by atoms with E-state index in [0.717, 1.165) is 16.8 Å². The van der Waals surface area contributed by atoms with Gasteiger partial charge in [0.1, 0.15) is 6.04 Å². The average molecular weight is 288 g/mol. The normalized spacial score (nSPS) is 18.5. The van der Waals surface area contributed by atoms with Crippen LogP contribution in [-0.4, -0.2) is 17.9 Å². The molecule has 1 atom stereocenters. The summed E-state index contributed by atoms with van der Waals surface area (Å²) < 4.78 is 0. The van der Waals surface area contributed by atoms with E-state index in [0.29, 0.717) is 12.8 Å². The first-order valence-electron chi connectivity index (χ1n) is 7.40. The summed E-state index contributed by atoms with van der Waals surface area (Å²) in [5, 5.41) is 5.66. The Morgan fingerprint density at radius 3 is 2.24 bits per heavy atom. The third-order valence-electron chi connectivity index (χ3n) is 3.96. The number of hydrogen-bond donors (Lipinski definition) is 2. The van der Waals surface area contributed by atoms with E-state index >= 15 is 0 Å². The molecule has 4 nitrogen and oxygen atoms in total. The molecule has 1 heterocycles. The van der Waals surface area contributed by atoms with Gasteiger partial charge in [0.15, 0.2) is 0 Å². The van der Waals surface area contributed by atoms with Crippen LogP contribution in [0.25, 0.3) is 0 Å². The van der Waals surface area contributed by atoms with Gasteiger partial charge < -0.3 is 10.6 Å². The van der Waals surface area contributed by atoms with Crippen LogP contribution in [0.15, 0.2) is 12.1 Å². The van der Waals surface area contributed by atoms with Gasteiger partial charge >= 0.3 is 0 Å². The predicted octanol–water partition coefficient (Wildman–Crippen LogP) is 2.82. The highest BCUT2D eigenvalue weighted by atomic mass is 16.2. The maximum Gasteiger partial charge on any atom is 0.246 e. The summed E-state index contributed by atoms with van der Waals surface area (Å²) in [4.78, 5) is 23.4. The highest BCUT2D eigenvalue weighted by molar-refractivity contribution is 5.99. The lowest BCUT2D eigenvalue weighted by Gasteiger charge is -2.23. The summed E-state index contributed by atoms with van der Waals surface area (Å²) in [7, 11) is 0. The molecule has 114 valence electrons. The van der Waals surface area contributed by atoms with Crippen molar-refractivity contribution in [3.63, 3.8) is 0 Å². The summed E-state index contributed by atoms with van der Waals surface area (Å²) in [5.74, 6) is -0.178. The largest absolute Gasteiger partial charge is 0.344 e. The van der Waals surface area contributed by atoms with E-state index in [4.69, 9.17) is 0 Å². The van der Waals surface area contributed by atoms with Crippen molar-refractivity contribution in [1.82, 2.24) is 5.32 Å². The molecule has 1 aromatic rings. The van der Waals surface area contributed by atoms with Crippen LogP contribution in [0.5, 0.6) is 0 Å². The lowest BCUT2D eigenvalue weighted by Crippen LogP contribution is -2.37. The Bertz CT molecular complexity index is 562. The predicted molar refractivity (Wildman–Crippen MR) is 84.4 cm³/mol. The summed E-state index contributed by atoms with van der Waals surface area (Å²) in [6.45, 7) is 10.5. The molecule has 0 saturated carbocycles. The van der Waals surface area contributed by atoms with E-state index in [9.17, 15) is 9.59 Å². The smallest absolute Gasteiger partial charge is 0.246 e. The molecular weight excluding hydrogens is 264 g/mol. The zero-order valence-corrected chi connectivity index (χ0v) is 13.5. The molecule has 0 bridgehead atoms. The van der Waals surface area contributed by atoms with Crippen LogP contribution in [0.4, 0.5) is 5.69 Å². The Balaban J connectivity index is 2.21. The molecule has 1 fully saturated rings. The first-order chi connectivity index (χ1) is 9.68. The van der Waals surface area contributed by atoms with Crippen molar-refractivity contribution < 1.29 is 9.59 Å². The lowest BCUT2D eigenvalue weighted by molar-refractivity contribution is -0.122. The molecule has 1 aliphatic rings.